The third-order valence-electron chi connectivity index (χ3n) is 4.80. The number of para-hydroxylation sites is 1. The number of aryl methyl sites for hydroxylation is 1. The Balaban J connectivity index is 1.52. The van der Waals surface area contributed by atoms with Crippen molar-refractivity contribution in [3.63, 3.8) is 0 Å². The Kier molecular flexibility index (Phi) is 4.45. The Labute approximate surface area is 152 Å². The highest BCUT2D eigenvalue weighted by molar-refractivity contribution is 5.63. The molecule has 0 unspecified atom stereocenters. The zero-order valence-corrected chi connectivity index (χ0v) is 14.7. The maximum Gasteiger partial charge on any atom is 0.229 e. The number of ether oxygens (including phenoxy) is 2. The van der Waals surface area contributed by atoms with Crippen LogP contribution < -0.4 is 10.2 Å². The summed E-state index contributed by atoms with van der Waals surface area (Å²) in [6.45, 7) is 4.95. The van der Waals surface area contributed by atoms with Gasteiger partial charge >= 0.3 is 0 Å². The lowest BCUT2D eigenvalue weighted by molar-refractivity contribution is -0.169. The summed E-state index contributed by atoms with van der Waals surface area (Å²) < 4.78 is 11.6. The Hall–Kier alpha value is -2.69. The van der Waals surface area contributed by atoms with E-state index in [1.54, 1.807) is 6.07 Å². The molecule has 7 heteroatoms. The van der Waals surface area contributed by atoms with Crippen LogP contribution in [0.5, 0.6) is 0 Å². The maximum atomic E-state index is 9.25. The number of anilines is 3. The van der Waals surface area contributed by atoms with Crippen LogP contribution in [0, 0.1) is 18.3 Å². The van der Waals surface area contributed by atoms with Gasteiger partial charge in [-0.15, -0.1) is 0 Å². The third kappa shape index (κ3) is 3.34. The molecule has 0 radical (unpaired) electrons. The van der Waals surface area contributed by atoms with E-state index in [-0.39, 0.29) is 0 Å². The fraction of sp³-hybridized carbons (Fsp3) is 0.421. The van der Waals surface area contributed by atoms with Crippen LogP contribution in [-0.2, 0) is 9.47 Å². The van der Waals surface area contributed by atoms with Crippen LogP contribution in [0.25, 0.3) is 0 Å². The average Bonchev–Trinajstić information content (AvgIpc) is 3.10. The van der Waals surface area contributed by atoms with E-state index in [0.717, 1.165) is 37.4 Å². The summed E-state index contributed by atoms with van der Waals surface area (Å²) in [6.07, 6.45) is 1.66. The van der Waals surface area contributed by atoms with Crippen LogP contribution in [0.4, 0.5) is 17.5 Å². The van der Waals surface area contributed by atoms with E-state index in [0.29, 0.717) is 30.4 Å². The summed E-state index contributed by atoms with van der Waals surface area (Å²) in [4.78, 5) is 11.3. The van der Waals surface area contributed by atoms with Crippen LogP contribution >= 0.6 is 0 Å². The molecule has 0 aliphatic carbocycles. The molecule has 0 saturated carbocycles. The first-order chi connectivity index (χ1) is 12.7. The van der Waals surface area contributed by atoms with Gasteiger partial charge in [-0.2, -0.15) is 10.2 Å². The lowest BCUT2D eigenvalue weighted by Gasteiger charge is -2.38. The molecule has 0 bridgehead atoms. The molecule has 2 aromatic rings. The molecule has 1 spiro atoms. The minimum atomic E-state index is -0.397. The molecule has 2 fully saturated rings. The van der Waals surface area contributed by atoms with Crippen molar-refractivity contribution in [3.05, 3.63) is 41.6 Å². The van der Waals surface area contributed by atoms with E-state index < -0.39 is 5.79 Å². The van der Waals surface area contributed by atoms with Crippen LogP contribution in [0.2, 0.25) is 0 Å². The summed E-state index contributed by atoms with van der Waals surface area (Å²) >= 11 is 0. The normalized spacial score (nSPS) is 18.7. The molecule has 2 saturated heterocycles. The van der Waals surface area contributed by atoms with Crippen molar-refractivity contribution >= 4 is 17.5 Å². The monoisotopic (exact) mass is 351 g/mol. The van der Waals surface area contributed by atoms with E-state index in [1.807, 2.05) is 31.2 Å². The third-order valence-corrected chi connectivity index (χ3v) is 4.80. The van der Waals surface area contributed by atoms with Crippen LogP contribution in [0.3, 0.4) is 0 Å². The molecule has 1 aromatic heterocycles. The van der Waals surface area contributed by atoms with Crippen LogP contribution in [0.15, 0.2) is 30.3 Å². The molecule has 134 valence electrons. The quantitative estimate of drug-likeness (QED) is 0.910. The van der Waals surface area contributed by atoms with Crippen molar-refractivity contribution < 1.29 is 9.47 Å². The van der Waals surface area contributed by atoms with Crippen molar-refractivity contribution in [1.29, 1.82) is 5.26 Å². The fourth-order valence-electron chi connectivity index (χ4n) is 3.44. The molecular formula is C19H21N5O2. The number of rotatable bonds is 3. The van der Waals surface area contributed by atoms with Gasteiger partial charge in [0.15, 0.2) is 5.79 Å². The van der Waals surface area contributed by atoms with Crippen molar-refractivity contribution in [2.75, 3.05) is 36.5 Å². The predicted molar refractivity (Wildman–Crippen MR) is 97.3 cm³/mol. The number of piperidine rings is 1. The van der Waals surface area contributed by atoms with E-state index in [4.69, 9.17) is 9.47 Å². The summed E-state index contributed by atoms with van der Waals surface area (Å²) in [5.74, 6) is 0.976. The molecule has 0 atom stereocenters. The molecular weight excluding hydrogens is 330 g/mol. The van der Waals surface area contributed by atoms with E-state index in [1.165, 1.54) is 0 Å². The second-order valence-electron chi connectivity index (χ2n) is 6.57. The van der Waals surface area contributed by atoms with Crippen molar-refractivity contribution in [2.24, 2.45) is 0 Å². The topological polar surface area (TPSA) is 83.3 Å². The Morgan fingerprint density at radius 1 is 1.15 bits per heavy atom. The van der Waals surface area contributed by atoms with Crippen LogP contribution in [-0.4, -0.2) is 42.1 Å². The van der Waals surface area contributed by atoms with Crippen molar-refractivity contribution in [1.82, 2.24) is 9.97 Å². The van der Waals surface area contributed by atoms with Gasteiger partial charge in [-0.25, -0.2) is 4.98 Å². The molecule has 2 aliphatic heterocycles. The summed E-state index contributed by atoms with van der Waals surface area (Å²) in [5.41, 5.74) is 2.15. The molecule has 0 amide bonds. The van der Waals surface area contributed by atoms with Gasteiger partial charge in [0.05, 0.1) is 24.5 Å². The van der Waals surface area contributed by atoms with Gasteiger partial charge in [-0.3, -0.25) is 0 Å². The predicted octanol–water partition coefficient (Wildman–Crippen LogP) is 2.74. The van der Waals surface area contributed by atoms with Gasteiger partial charge < -0.3 is 19.7 Å². The minimum Gasteiger partial charge on any atom is -0.356 e. The first-order valence-corrected chi connectivity index (χ1v) is 8.82. The molecule has 1 N–H and O–H groups in total. The molecule has 26 heavy (non-hydrogen) atoms. The Morgan fingerprint density at radius 3 is 2.62 bits per heavy atom. The van der Waals surface area contributed by atoms with E-state index in [2.05, 4.69) is 26.3 Å². The summed E-state index contributed by atoms with van der Waals surface area (Å²) in [6, 6.07) is 11.5. The Morgan fingerprint density at radius 2 is 1.88 bits per heavy atom. The second kappa shape index (κ2) is 6.90. The van der Waals surface area contributed by atoms with Gasteiger partial charge in [0.2, 0.25) is 5.95 Å². The lowest BCUT2D eigenvalue weighted by atomic mass is 10.0. The van der Waals surface area contributed by atoms with Gasteiger partial charge in [0.1, 0.15) is 11.9 Å². The lowest BCUT2D eigenvalue weighted by Crippen LogP contribution is -2.45. The minimum absolute atomic E-state index is 0.397. The highest BCUT2D eigenvalue weighted by Gasteiger charge is 2.40. The highest BCUT2D eigenvalue weighted by atomic mass is 16.7. The first kappa shape index (κ1) is 16.8. The molecule has 7 nitrogen and oxygen atoms in total. The number of hydrogen-bond donors (Lipinski definition) is 1. The van der Waals surface area contributed by atoms with Gasteiger partial charge in [0.25, 0.3) is 0 Å². The zero-order chi connectivity index (χ0) is 18.0. The standard InChI is InChI=1S/C19H21N5O2/c1-14-12-17(24-8-6-19(7-9-24)25-10-11-26-19)23-18(21-14)22-16-5-3-2-4-15(16)13-20/h2-5,12H,6-11H2,1H3,(H,21,22,23). The van der Waals surface area contributed by atoms with Gasteiger partial charge in [-0.05, 0) is 19.1 Å². The molecule has 1 aromatic carbocycles. The summed E-state index contributed by atoms with van der Waals surface area (Å²) in [7, 11) is 0. The second-order valence-corrected chi connectivity index (χ2v) is 6.57. The van der Waals surface area contributed by atoms with E-state index >= 15 is 0 Å². The van der Waals surface area contributed by atoms with Gasteiger partial charge in [-0.1, -0.05) is 12.1 Å². The fourth-order valence-corrected chi connectivity index (χ4v) is 3.44. The van der Waals surface area contributed by atoms with Crippen molar-refractivity contribution in [2.45, 2.75) is 25.6 Å². The largest absolute Gasteiger partial charge is 0.356 e. The maximum absolute atomic E-state index is 9.25. The van der Waals surface area contributed by atoms with Crippen molar-refractivity contribution in [3.8, 4) is 6.07 Å². The number of benzene rings is 1. The zero-order valence-electron chi connectivity index (χ0n) is 14.7. The van der Waals surface area contributed by atoms with Crippen LogP contribution in [0.1, 0.15) is 24.1 Å². The molecule has 3 heterocycles. The van der Waals surface area contributed by atoms with E-state index in [9.17, 15) is 5.26 Å². The Bertz CT molecular complexity index is 832. The average molecular weight is 351 g/mol. The molecule has 4 rings (SSSR count). The SMILES string of the molecule is Cc1cc(N2CCC3(CC2)OCCO3)nc(Nc2ccccc2C#N)n1. The number of hydrogen-bond acceptors (Lipinski definition) is 7. The highest BCUT2D eigenvalue weighted by Crippen LogP contribution is 2.33. The number of nitrogens with zero attached hydrogens (tertiary/aromatic N) is 4. The van der Waals surface area contributed by atoms with Gasteiger partial charge in [0, 0.05) is 37.7 Å². The smallest absolute Gasteiger partial charge is 0.229 e. The number of nitriles is 1. The number of nitrogens with one attached hydrogen (secondary N) is 1. The molecule has 2 aliphatic rings. The first-order valence-electron chi connectivity index (χ1n) is 8.82. The number of aromatic nitrogens is 2. The summed E-state index contributed by atoms with van der Waals surface area (Å²) in [5, 5.41) is 12.4.